The van der Waals surface area contributed by atoms with E-state index >= 15 is 0 Å². The maximum atomic E-state index is 12.5. The highest BCUT2D eigenvalue weighted by atomic mass is 35.5. The van der Waals surface area contributed by atoms with Crippen molar-refractivity contribution < 1.29 is 4.79 Å². The summed E-state index contributed by atoms with van der Waals surface area (Å²) in [5.74, 6) is 0.279. The predicted octanol–water partition coefficient (Wildman–Crippen LogP) is 4.75. The van der Waals surface area contributed by atoms with Crippen molar-refractivity contribution in [2.45, 2.75) is 19.9 Å². The normalized spacial score (nSPS) is 12.2. The van der Waals surface area contributed by atoms with Crippen LogP contribution in [0.15, 0.2) is 60.7 Å². The Morgan fingerprint density at radius 2 is 1.85 bits per heavy atom. The summed E-state index contributed by atoms with van der Waals surface area (Å²) in [6, 6.07) is 19.2. The Labute approximate surface area is 158 Å². The number of anilines is 1. The lowest BCUT2D eigenvalue weighted by Crippen LogP contribution is -2.39. The molecule has 0 radical (unpaired) electrons. The van der Waals surface area contributed by atoms with Crippen LogP contribution in [-0.2, 0) is 0 Å². The molecule has 0 saturated heterocycles. The Bertz CT molecular complexity index is 896. The molecular formula is C21H22ClN3O. The first kappa shape index (κ1) is 18.2. The van der Waals surface area contributed by atoms with Crippen molar-refractivity contribution in [2.75, 3.05) is 11.9 Å². The summed E-state index contributed by atoms with van der Waals surface area (Å²) < 4.78 is 0. The zero-order valence-corrected chi connectivity index (χ0v) is 15.6. The van der Waals surface area contributed by atoms with Gasteiger partial charge >= 0.3 is 0 Å². The fourth-order valence-electron chi connectivity index (χ4n) is 2.75. The number of para-hydroxylation sites is 1. The van der Waals surface area contributed by atoms with Gasteiger partial charge in [0.1, 0.15) is 5.15 Å². The molecule has 1 aromatic heterocycles. The Kier molecular flexibility index (Phi) is 5.74. The molecule has 0 aliphatic rings. The molecule has 0 fully saturated rings. The van der Waals surface area contributed by atoms with Gasteiger partial charge in [0.05, 0.1) is 5.52 Å². The van der Waals surface area contributed by atoms with Crippen LogP contribution in [0.2, 0.25) is 5.15 Å². The van der Waals surface area contributed by atoms with E-state index in [9.17, 15) is 4.79 Å². The van der Waals surface area contributed by atoms with Crippen LogP contribution < -0.4 is 10.6 Å². The summed E-state index contributed by atoms with van der Waals surface area (Å²) in [6.07, 6.45) is 0. The molecule has 26 heavy (non-hydrogen) atoms. The first-order chi connectivity index (χ1) is 12.5. The zero-order valence-electron chi connectivity index (χ0n) is 14.9. The summed E-state index contributed by atoms with van der Waals surface area (Å²) in [5, 5.41) is 7.85. The number of benzene rings is 2. The maximum Gasteiger partial charge on any atom is 0.251 e. The average molecular weight is 368 g/mol. The Balaban J connectivity index is 1.67. The number of nitrogens with zero attached hydrogens (tertiary/aromatic N) is 1. The van der Waals surface area contributed by atoms with E-state index in [1.54, 1.807) is 12.1 Å². The molecule has 134 valence electrons. The molecule has 5 heteroatoms. The third kappa shape index (κ3) is 4.52. The first-order valence-electron chi connectivity index (χ1n) is 8.69. The second-order valence-electron chi connectivity index (χ2n) is 6.61. The topological polar surface area (TPSA) is 54.0 Å². The van der Waals surface area contributed by atoms with Gasteiger partial charge in [-0.1, -0.05) is 43.6 Å². The molecule has 0 saturated carbocycles. The van der Waals surface area contributed by atoms with Crippen molar-refractivity contribution in [3.05, 3.63) is 71.4 Å². The zero-order chi connectivity index (χ0) is 18.5. The van der Waals surface area contributed by atoms with Gasteiger partial charge in [-0.05, 0) is 48.4 Å². The monoisotopic (exact) mass is 367 g/mol. The Morgan fingerprint density at radius 3 is 2.58 bits per heavy atom. The molecule has 0 bridgehead atoms. The maximum absolute atomic E-state index is 12.5. The minimum atomic E-state index is -0.0950. The van der Waals surface area contributed by atoms with E-state index in [4.69, 9.17) is 11.6 Å². The third-order valence-electron chi connectivity index (χ3n) is 4.33. The fraction of sp³-hybridized carbons (Fsp3) is 0.238. The van der Waals surface area contributed by atoms with Gasteiger partial charge in [-0.25, -0.2) is 4.98 Å². The average Bonchev–Trinajstić information content (AvgIpc) is 2.65. The number of carbonyl (C=O) groups is 1. The van der Waals surface area contributed by atoms with E-state index in [1.165, 1.54) is 0 Å². The largest absolute Gasteiger partial charge is 0.380 e. The molecule has 0 spiro atoms. The number of aromatic nitrogens is 1. The molecule has 1 heterocycles. The van der Waals surface area contributed by atoms with E-state index < -0.39 is 0 Å². The molecule has 1 amide bonds. The molecule has 0 aliphatic carbocycles. The number of halogens is 1. The smallest absolute Gasteiger partial charge is 0.251 e. The second-order valence-corrected chi connectivity index (χ2v) is 7.00. The van der Waals surface area contributed by atoms with Gasteiger partial charge in [-0.2, -0.15) is 0 Å². The van der Waals surface area contributed by atoms with Gasteiger partial charge in [0, 0.05) is 29.2 Å². The number of fused-ring (bicyclic) bond motifs is 1. The van der Waals surface area contributed by atoms with Crippen LogP contribution >= 0.6 is 11.6 Å². The molecule has 1 unspecified atom stereocenters. The number of rotatable bonds is 6. The SMILES string of the molecule is CC(C)C(CNC(=O)c1ccc2nc(Cl)ccc2c1)Nc1ccccc1. The summed E-state index contributed by atoms with van der Waals surface area (Å²) in [4.78, 5) is 16.8. The van der Waals surface area contributed by atoms with Crippen LogP contribution in [0.4, 0.5) is 5.69 Å². The van der Waals surface area contributed by atoms with Crippen molar-refractivity contribution in [1.82, 2.24) is 10.3 Å². The van der Waals surface area contributed by atoms with E-state index in [-0.39, 0.29) is 11.9 Å². The Hall–Kier alpha value is -2.59. The molecule has 0 aliphatic heterocycles. The number of nitrogens with one attached hydrogen (secondary N) is 2. The van der Waals surface area contributed by atoms with Crippen LogP contribution in [-0.4, -0.2) is 23.5 Å². The summed E-state index contributed by atoms with van der Waals surface area (Å²) >= 11 is 5.90. The third-order valence-corrected chi connectivity index (χ3v) is 4.54. The lowest BCUT2D eigenvalue weighted by atomic mass is 10.0. The lowest BCUT2D eigenvalue weighted by Gasteiger charge is -2.24. The van der Waals surface area contributed by atoms with Crippen molar-refractivity contribution in [3.63, 3.8) is 0 Å². The number of carbonyl (C=O) groups excluding carboxylic acids is 1. The van der Waals surface area contributed by atoms with Gasteiger partial charge in [-0.3, -0.25) is 4.79 Å². The van der Waals surface area contributed by atoms with Gasteiger partial charge in [0.15, 0.2) is 0 Å². The van der Waals surface area contributed by atoms with E-state index in [1.807, 2.05) is 48.5 Å². The first-order valence-corrected chi connectivity index (χ1v) is 9.07. The standard InChI is InChI=1S/C21H22ClN3O/c1-14(2)19(24-17-6-4-3-5-7-17)13-23-21(26)16-8-10-18-15(12-16)9-11-20(22)25-18/h3-12,14,19,24H,13H2,1-2H3,(H,23,26). The molecule has 4 nitrogen and oxygen atoms in total. The highest BCUT2D eigenvalue weighted by molar-refractivity contribution is 6.29. The molecule has 2 N–H and O–H groups in total. The number of pyridine rings is 1. The Morgan fingerprint density at radius 1 is 1.08 bits per heavy atom. The molecule has 3 rings (SSSR count). The van der Waals surface area contributed by atoms with Gasteiger partial charge in [-0.15, -0.1) is 0 Å². The van der Waals surface area contributed by atoms with Crippen molar-refractivity contribution in [3.8, 4) is 0 Å². The van der Waals surface area contributed by atoms with Crippen LogP contribution in [0.25, 0.3) is 10.9 Å². The molecule has 1 atom stereocenters. The minimum Gasteiger partial charge on any atom is -0.380 e. The van der Waals surface area contributed by atoms with E-state index in [0.717, 1.165) is 16.6 Å². The quantitative estimate of drug-likeness (QED) is 0.618. The molecular weight excluding hydrogens is 346 g/mol. The number of amides is 1. The second kappa shape index (κ2) is 8.19. The summed E-state index contributed by atoms with van der Waals surface area (Å²) in [7, 11) is 0. The number of hydrogen-bond acceptors (Lipinski definition) is 3. The van der Waals surface area contributed by atoms with Crippen molar-refractivity contribution >= 4 is 34.1 Å². The van der Waals surface area contributed by atoms with Gasteiger partial charge in [0.25, 0.3) is 5.91 Å². The summed E-state index contributed by atoms with van der Waals surface area (Å²) in [5.41, 5.74) is 2.44. The minimum absolute atomic E-state index is 0.0950. The van der Waals surface area contributed by atoms with Crippen LogP contribution in [0.3, 0.4) is 0 Å². The van der Waals surface area contributed by atoms with Crippen LogP contribution in [0.5, 0.6) is 0 Å². The van der Waals surface area contributed by atoms with Crippen LogP contribution in [0.1, 0.15) is 24.2 Å². The van der Waals surface area contributed by atoms with Crippen molar-refractivity contribution in [1.29, 1.82) is 0 Å². The highest BCUT2D eigenvalue weighted by Gasteiger charge is 2.15. The van der Waals surface area contributed by atoms with Gasteiger partial charge in [0.2, 0.25) is 0 Å². The lowest BCUT2D eigenvalue weighted by molar-refractivity contribution is 0.0950. The fourth-order valence-corrected chi connectivity index (χ4v) is 2.90. The van der Waals surface area contributed by atoms with E-state index in [2.05, 4.69) is 29.5 Å². The molecule has 3 aromatic rings. The highest BCUT2D eigenvalue weighted by Crippen LogP contribution is 2.17. The number of hydrogen-bond donors (Lipinski definition) is 2. The van der Waals surface area contributed by atoms with Gasteiger partial charge < -0.3 is 10.6 Å². The van der Waals surface area contributed by atoms with Crippen molar-refractivity contribution in [2.24, 2.45) is 5.92 Å². The van der Waals surface area contributed by atoms with E-state index in [0.29, 0.717) is 23.2 Å². The molecule has 2 aromatic carbocycles. The van der Waals surface area contributed by atoms with Crippen LogP contribution in [0, 0.1) is 5.92 Å². The summed E-state index contributed by atoms with van der Waals surface area (Å²) in [6.45, 7) is 4.82. The predicted molar refractivity (Wildman–Crippen MR) is 108 cm³/mol.